The normalized spacial score (nSPS) is 23.9. The Morgan fingerprint density at radius 1 is 1.10 bits per heavy atom. The van der Waals surface area contributed by atoms with Crippen LogP contribution in [0.2, 0.25) is 0 Å². The SMILES string of the molecule is O=C(CN1C(=O)N(Cc2ccccc2)C(=O)C2NCCNC21)NCCC1=CCCCC1. The van der Waals surface area contributed by atoms with Gasteiger partial charge in [-0.3, -0.25) is 24.7 Å². The quantitative estimate of drug-likeness (QED) is 0.574. The molecule has 1 aromatic rings. The lowest BCUT2D eigenvalue weighted by Crippen LogP contribution is -2.75. The van der Waals surface area contributed by atoms with Crippen LogP contribution >= 0.6 is 0 Å². The van der Waals surface area contributed by atoms with E-state index in [1.165, 1.54) is 28.2 Å². The third-order valence-electron chi connectivity index (χ3n) is 6.15. The molecule has 3 aliphatic rings. The van der Waals surface area contributed by atoms with Gasteiger partial charge in [-0.1, -0.05) is 42.0 Å². The molecule has 1 aliphatic carbocycles. The number of urea groups is 1. The molecule has 0 bridgehead atoms. The highest BCUT2D eigenvalue weighted by Gasteiger charge is 2.47. The molecule has 0 saturated carbocycles. The Morgan fingerprint density at radius 3 is 2.68 bits per heavy atom. The van der Waals surface area contributed by atoms with Crippen LogP contribution in [0, 0.1) is 0 Å². The summed E-state index contributed by atoms with van der Waals surface area (Å²) in [4.78, 5) is 41.6. The Morgan fingerprint density at radius 2 is 1.90 bits per heavy atom. The van der Waals surface area contributed by atoms with Gasteiger partial charge in [-0.25, -0.2) is 4.79 Å². The Balaban J connectivity index is 1.41. The first-order chi connectivity index (χ1) is 15.1. The zero-order valence-corrected chi connectivity index (χ0v) is 17.8. The summed E-state index contributed by atoms with van der Waals surface area (Å²) in [6.07, 6.45) is 7.30. The van der Waals surface area contributed by atoms with Gasteiger partial charge in [0.25, 0.3) is 5.91 Å². The number of carbonyl (C=O) groups is 3. The van der Waals surface area contributed by atoms with Crippen molar-refractivity contribution < 1.29 is 14.4 Å². The van der Waals surface area contributed by atoms with Gasteiger partial charge in [-0.2, -0.15) is 0 Å². The van der Waals surface area contributed by atoms with Crippen LogP contribution in [0.15, 0.2) is 42.0 Å². The fourth-order valence-corrected chi connectivity index (χ4v) is 4.51. The smallest absolute Gasteiger partial charge is 0.328 e. The predicted molar refractivity (Wildman–Crippen MR) is 117 cm³/mol. The molecule has 2 unspecified atom stereocenters. The number of nitrogens with zero attached hydrogens (tertiary/aromatic N) is 2. The molecule has 0 spiro atoms. The van der Waals surface area contributed by atoms with Crippen molar-refractivity contribution in [3.05, 3.63) is 47.5 Å². The largest absolute Gasteiger partial charge is 0.354 e. The summed E-state index contributed by atoms with van der Waals surface area (Å²) in [6, 6.07) is 8.43. The van der Waals surface area contributed by atoms with Crippen LogP contribution in [-0.4, -0.2) is 66.0 Å². The lowest BCUT2D eigenvalue weighted by molar-refractivity contribution is -0.139. The van der Waals surface area contributed by atoms with Gasteiger partial charge in [0.2, 0.25) is 5.91 Å². The van der Waals surface area contributed by atoms with Crippen molar-refractivity contribution in [1.29, 1.82) is 0 Å². The minimum Gasteiger partial charge on any atom is -0.354 e. The molecule has 2 fully saturated rings. The summed E-state index contributed by atoms with van der Waals surface area (Å²) in [5.41, 5.74) is 2.27. The fourth-order valence-electron chi connectivity index (χ4n) is 4.51. The number of rotatable bonds is 7. The minimum absolute atomic E-state index is 0.0771. The number of nitrogens with one attached hydrogen (secondary N) is 3. The molecule has 2 aliphatic heterocycles. The van der Waals surface area contributed by atoms with E-state index in [1.54, 1.807) is 0 Å². The molecule has 0 aromatic heterocycles. The van der Waals surface area contributed by atoms with Crippen LogP contribution in [0.4, 0.5) is 4.79 Å². The zero-order valence-electron chi connectivity index (χ0n) is 17.8. The molecule has 31 heavy (non-hydrogen) atoms. The van der Waals surface area contributed by atoms with Gasteiger partial charge in [0.1, 0.15) is 18.8 Å². The monoisotopic (exact) mass is 425 g/mol. The number of allylic oxidation sites excluding steroid dienone is 1. The van der Waals surface area contributed by atoms with Crippen LogP contribution in [0.3, 0.4) is 0 Å². The summed E-state index contributed by atoms with van der Waals surface area (Å²) in [6.45, 7) is 1.95. The second-order valence-electron chi connectivity index (χ2n) is 8.36. The van der Waals surface area contributed by atoms with Crippen molar-refractivity contribution in [2.75, 3.05) is 26.2 Å². The number of imide groups is 1. The molecule has 3 N–H and O–H groups in total. The highest BCUT2D eigenvalue weighted by molar-refractivity contribution is 6.01. The average Bonchev–Trinajstić information content (AvgIpc) is 2.81. The van der Waals surface area contributed by atoms with Gasteiger partial charge in [0.05, 0.1) is 6.54 Å². The Labute approximate surface area is 183 Å². The van der Waals surface area contributed by atoms with Crippen molar-refractivity contribution >= 4 is 17.8 Å². The van der Waals surface area contributed by atoms with E-state index in [9.17, 15) is 14.4 Å². The van der Waals surface area contributed by atoms with Gasteiger partial charge in [-0.05, 0) is 37.7 Å². The first-order valence-corrected chi connectivity index (χ1v) is 11.2. The average molecular weight is 426 g/mol. The van der Waals surface area contributed by atoms with Crippen LogP contribution in [0.5, 0.6) is 0 Å². The Kier molecular flexibility index (Phi) is 6.99. The topological polar surface area (TPSA) is 93.8 Å². The van der Waals surface area contributed by atoms with Crippen LogP contribution in [0.25, 0.3) is 0 Å². The number of hydrogen-bond donors (Lipinski definition) is 3. The highest BCUT2D eigenvalue weighted by Crippen LogP contribution is 2.21. The Hall–Kier alpha value is -2.71. The third-order valence-corrected chi connectivity index (χ3v) is 6.15. The number of carbonyl (C=O) groups excluding carboxylic acids is 3. The Bertz CT molecular complexity index is 841. The first-order valence-electron chi connectivity index (χ1n) is 11.2. The van der Waals surface area contributed by atoms with Crippen LogP contribution < -0.4 is 16.0 Å². The number of hydrogen-bond acceptors (Lipinski definition) is 5. The maximum atomic E-state index is 13.2. The van der Waals surface area contributed by atoms with E-state index in [4.69, 9.17) is 0 Å². The van der Waals surface area contributed by atoms with Gasteiger partial charge in [-0.15, -0.1) is 0 Å². The molecule has 2 atom stereocenters. The maximum absolute atomic E-state index is 13.2. The maximum Gasteiger partial charge on any atom is 0.328 e. The second-order valence-corrected chi connectivity index (χ2v) is 8.36. The number of fused-ring (bicyclic) bond motifs is 1. The molecule has 8 nitrogen and oxygen atoms in total. The van der Waals surface area contributed by atoms with Crippen LogP contribution in [-0.2, 0) is 16.1 Å². The van der Waals surface area contributed by atoms with Crippen molar-refractivity contribution in [1.82, 2.24) is 25.8 Å². The number of piperazine rings is 1. The van der Waals surface area contributed by atoms with Gasteiger partial charge in [0, 0.05) is 19.6 Å². The lowest BCUT2D eigenvalue weighted by Gasteiger charge is -2.47. The minimum atomic E-state index is -0.560. The van der Waals surface area contributed by atoms with Crippen molar-refractivity contribution in [3.63, 3.8) is 0 Å². The van der Waals surface area contributed by atoms with E-state index in [2.05, 4.69) is 22.0 Å². The van der Waals surface area contributed by atoms with Gasteiger partial charge >= 0.3 is 6.03 Å². The van der Waals surface area contributed by atoms with E-state index in [-0.39, 0.29) is 24.9 Å². The molecular weight excluding hydrogens is 394 g/mol. The van der Waals surface area contributed by atoms with Crippen molar-refractivity contribution in [3.8, 4) is 0 Å². The molecule has 1 aromatic carbocycles. The molecule has 8 heteroatoms. The zero-order chi connectivity index (χ0) is 21.6. The van der Waals surface area contributed by atoms with E-state index in [0.717, 1.165) is 24.8 Å². The molecule has 4 rings (SSSR count). The predicted octanol–water partition coefficient (Wildman–Crippen LogP) is 1.35. The summed E-state index contributed by atoms with van der Waals surface area (Å²) in [5.74, 6) is -0.461. The molecule has 2 saturated heterocycles. The standard InChI is InChI=1S/C23H31N5O3/c29-19(24-12-11-17-7-3-1-4-8-17)16-27-21-20(25-13-14-26-21)22(30)28(23(27)31)15-18-9-5-2-6-10-18/h2,5-7,9-10,20-21,25-26H,1,3-4,8,11-16H2,(H,24,29). The van der Waals surface area contributed by atoms with E-state index < -0.39 is 18.2 Å². The number of benzene rings is 1. The summed E-state index contributed by atoms with van der Waals surface area (Å²) in [5, 5.41) is 9.39. The van der Waals surface area contributed by atoms with Crippen molar-refractivity contribution in [2.45, 2.75) is 50.9 Å². The highest BCUT2D eigenvalue weighted by atomic mass is 16.2. The van der Waals surface area contributed by atoms with Crippen LogP contribution in [0.1, 0.15) is 37.7 Å². The molecule has 166 valence electrons. The van der Waals surface area contributed by atoms with Gasteiger partial charge in [0.15, 0.2) is 0 Å². The molecule has 4 amide bonds. The van der Waals surface area contributed by atoms with E-state index in [0.29, 0.717) is 19.6 Å². The molecule has 2 heterocycles. The van der Waals surface area contributed by atoms with Crippen molar-refractivity contribution in [2.24, 2.45) is 0 Å². The van der Waals surface area contributed by atoms with E-state index >= 15 is 0 Å². The van der Waals surface area contributed by atoms with Gasteiger partial charge < -0.3 is 10.6 Å². The molecular formula is C23H31N5O3. The summed E-state index contributed by atoms with van der Waals surface area (Å²) < 4.78 is 0. The fraction of sp³-hybridized carbons (Fsp3) is 0.522. The third kappa shape index (κ3) is 5.14. The molecule has 0 radical (unpaired) electrons. The van der Waals surface area contributed by atoms with E-state index in [1.807, 2.05) is 30.3 Å². The lowest BCUT2D eigenvalue weighted by atomic mass is 9.97. The summed E-state index contributed by atoms with van der Waals surface area (Å²) >= 11 is 0. The second kappa shape index (κ2) is 10.1. The summed E-state index contributed by atoms with van der Waals surface area (Å²) in [7, 11) is 0. The first kappa shape index (κ1) is 21.5. The number of amides is 4.